The lowest BCUT2D eigenvalue weighted by Gasteiger charge is -2.09. The van der Waals surface area contributed by atoms with Crippen molar-refractivity contribution >= 4 is 11.9 Å². The van der Waals surface area contributed by atoms with E-state index < -0.39 is 0 Å². The molecule has 2 heterocycles. The highest BCUT2D eigenvalue weighted by Crippen LogP contribution is 2.11. The number of nitrogens with zero attached hydrogens (tertiary/aromatic N) is 3. The van der Waals surface area contributed by atoms with Gasteiger partial charge in [0.15, 0.2) is 0 Å². The van der Waals surface area contributed by atoms with Crippen molar-refractivity contribution in [2.75, 3.05) is 30.3 Å². The summed E-state index contributed by atoms with van der Waals surface area (Å²) in [5.41, 5.74) is 0. The summed E-state index contributed by atoms with van der Waals surface area (Å²) in [4.78, 5) is 12.7. The molecule has 0 aliphatic carbocycles. The molecule has 0 aromatic carbocycles. The van der Waals surface area contributed by atoms with Gasteiger partial charge in [0, 0.05) is 19.5 Å². The molecule has 0 aliphatic heterocycles. The number of aromatic nitrogens is 3. The Balaban J connectivity index is 1.97. The highest BCUT2D eigenvalue weighted by molar-refractivity contribution is 5.35. The van der Waals surface area contributed by atoms with Crippen molar-refractivity contribution in [1.29, 1.82) is 0 Å². The van der Waals surface area contributed by atoms with Crippen molar-refractivity contribution in [3.63, 3.8) is 0 Å². The summed E-state index contributed by atoms with van der Waals surface area (Å²) < 4.78 is 10.8. The van der Waals surface area contributed by atoms with Crippen LogP contribution in [0.4, 0.5) is 11.9 Å². The van der Waals surface area contributed by atoms with E-state index in [-0.39, 0.29) is 0 Å². The lowest BCUT2D eigenvalue weighted by atomic mass is 10.3. The van der Waals surface area contributed by atoms with Crippen LogP contribution in [0.15, 0.2) is 22.8 Å². The molecule has 0 bridgehead atoms. The minimum Gasteiger partial charge on any atom is -0.469 e. The van der Waals surface area contributed by atoms with Gasteiger partial charge in [0.05, 0.1) is 12.9 Å². The number of ether oxygens (including phenoxy) is 1. The maximum Gasteiger partial charge on any atom is 0.323 e. The summed E-state index contributed by atoms with van der Waals surface area (Å²) >= 11 is 0. The van der Waals surface area contributed by atoms with Gasteiger partial charge in [0.2, 0.25) is 11.9 Å². The van der Waals surface area contributed by atoms with Crippen LogP contribution in [0.25, 0.3) is 0 Å². The first-order valence-electron chi connectivity index (χ1n) is 7.20. The Bertz CT molecular complexity index is 530. The van der Waals surface area contributed by atoms with E-state index in [2.05, 4.69) is 25.6 Å². The van der Waals surface area contributed by atoms with E-state index in [1.165, 1.54) is 0 Å². The molecule has 0 radical (unpaired) electrons. The second kappa shape index (κ2) is 8.08. The van der Waals surface area contributed by atoms with E-state index >= 15 is 0 Å². The van der Waals surface area contributed by atoms with Gasteiger partial charge >= 0.3 is 6.01 Å². The van der Waals surface area contributed by atoms with Crippen LogP contribution in [-0.4, -0.2) is 34.6 Å². The van der Waals surface area contributed by atoms with Crippen LogP contribution in [0.5, 0.6) is 6.01 Å². The minimum absolute atomic E-state index is 0.336. The Hall–Kier alpha value is -2.31. The van der Waals surface area contributed by atoms with E-state index in [4.69, 9.17) is 9.15 Å². The lowest BCUT2D eigenvalue weighted by molar-refractivity contribution is 0.292. The summed E-state index contributed by atoms with van der Waals surface area (Å²) in [7, 11) is 0. The zero-order valence-electron chi connectivity index (χ0n) is 12.4. The van der Waals surface area contributed by atoms with E-state index in [9.17, 15) is 0 Å². The number of rotatable bonds is 9. The number of hydrogen-bond acceptors (Lipinski definition) is 7. The second-order valence-corrected chi connectivity index (χ2v) is 4.40. The van der Waals surface area contributed by atoms with Crippen LogP contribution in [0.3, 0.4) is 0 Å². The first-order chi connectivity index (χ1) is 10.3. The molecule has 0 amide bonds. The Morgan fingerprint density at radius 2 is 1.95 bits per heavy atom. The van der Waals surface area contributed by atoms with Crippen LogP contribution in [-0.2, 0) is 6.42 Å². The van der Waals surface area contributed by atoms with E-state index in [0.29, 0.717) is 31.1 Å². The highest BCUT2D eigenvalue weighted by atomic mass is 16.5. The third kappa shape index (κ3) is 4.94. The van der Waals surface area contributed by atoms with Gasteiger partial charge in [-0.2, -0.15) is 15.0 Å². The van der Waals surface area contributed by atoms with E-state index in [0.717, 1.165) is 25.1 Å². The first-order valence-corrected chi connectivity index (χ1v) is 7.20. The Kier molecular flexibility index (Phi) is 5.81. The maximum absolute atomic E-state index is 5.47. The molecule has 21 heavy (non-hydrogen) atoms. The van der Waals surface area contributed by atoms with Gasteiger partial charge in [-0.15, -0.1) is 0 Å². The number of hydrogen-bond donors (Lipinski definition) is 2. The summed E-state index contributed by atoms with van der Waals surface area (Å²) in [5.74, 6) is 1.93. The molecule has 2 aromatic rings. The summed E-state index contributed by atoms with van der Waals surface area (Å²) in [5, 5.41) is 6.22. The minimum atomic E-state index is 0.336. The van der Waals surface area contributed by atoms with Gasteiger partial charge in [-0.1, -0.05) is 6.92 Å². The normalized spacial score (nSPS) is 10.4. The van der Waals surface area contributed by atoms with E-state index in [1.54, 1.807) is 6.26 Å². The Morgan fingerprint density at radius 3 is 2.62 bits per heavy atom. The molecule has 0 saturated carbocycles. The van der Waals surface area contributed by atoms with Gasteiger partial charge in [-0.05, 0) is 25.5 Å². The van der Waals surface area contributed by atoms with Gasteiger partial charge in [0.25, 0.3) is 0 Å². The summed E-state index contributed by atoms with van der Waals surface area (Å²) in [6.45, 7) is 6.02. The smallest absolute Gasteiger partial charge is 0.323 e. The Labute approximate surface area is 124 Å². The fraction of sp³-hybridized carbons (Fsp3) is 0.500. The fourth-order valence-corrected chi connectivity index (χ4v) is 1.68. The molecule has 2 N–H and O–H groups in total. The third-order valence-electron chi connectivity index (χ3n) is 2.62. The number of anilines is 2. The number of nitrogens with one attached hydrogen (secondary N) is 2. The van der Waals surface area contributed by atoms with Crippen molar-refractivity contribution in [3.05, 3.63) is 24.2 Å². The van der Waals surface area contributed by atoms with Crippen LogP contribution in [0.1, 0.15) is 26.0 Å². The maximum atomic E-state index is 5.47. The summed E-state index contributed by atoms with van der Waals surface area (Å²) in [6, 6.07) is 4.15. The van der Waals surface area contributed by atoms with Gasteiger partial charge in [-0.25, -0.2) is 0 Å². The van der Waals surface area contributed by atoms with Gasteiger partial charge in [-0.3, -0.25) is 0 Å². The molecule has 0 aliphatic rings. The molecular weight excluding hydrogens is 270 g/mol. The van der Waals surface area contributed by atoms with Gasteiger partial charge < -0.3 is 19.8 Å². The molecule has 0 fully saturated rings. The summed E-state index contributed by atoms with van der Waals surface area (Å²) in [6.07, 6.45) is 3.34. The molecule has 0 unspecified atom stereocenters. The van der Waals surface area contributed by atoms with Crippen molar-refractivity contribution in [2.24, 2.45) is 0 Å². The topological polar surface area (TPSA) is 85.1 Å². The number of furan rings is 1. The molecule has 7 heteroatoms. The lowest BCUT2D eigenvalue weighted by Crippen LogP contribution is -2.12. The predicted octanol–water partition coefficient (Wildman–Crippen LogP) is 2.34. The molecule has 0 saturated heterocycles. The van der Waals surface area contributed by atoms with Crippen molar-refractivity contribution < 1.29 is 9.15 Å². The standard InChI is InChI=1S/C14H21N5O2/c1-3-9-21-14-18-12(15-4-2)17-13(19-14)16-8-7-11-6-5-10-20-11/h5-6,10H,3-4,7-9H2,1-2H3,(H2,15,16,17,18,19). The first kappa shape index (κ1) is 15.1. The largest absolute Gasteiger partial charge is 0.469 e. The molecule has 7 nitrogen and oxygen atoms in total. The van der Waals surface area contributed by atoms with Crippen LogP contribution in [0.2, 0.25) is 0 Å². The molecular formula is C14H21N5O2. The third-order valence-corrected chi connectivity index (χ3v) is 2.62. The molecule has 0 atom stereocenters. The predicted molar refractivity (Wildman–Crippen MR) is 80.7 cm³/mol. The average molecular weight is 291 g/mol. The highest BCUT2D eigenvalue weighted by Gasteiger charge is 2.07. The van der Waals surface area contributed by atoms with Gasteiger partial charge in [0.1, 0.15) is 5.76 Å². The molecule has 0 spiro atoms. The monoisotopic (exact) mass is 291 g/mol. The SMILES string of the molecule is CCCOc1nc(NCC)nc(NCCc2ccco2)n1. The van der Waals surface area contributed by atoms with Crippen molar-refractivity contribution in [3.8, 4) is 6.01 Å². The van der Waals surface area contributed by atoms with Crippen molar-refractivity contribution in [2.45, 2.75) is 26.7 Å². The quantitative estimate of drug-likeness (QED) is 0.733. The van der Waals surface area contributed by atoms with Crippen molar-refractivity contribution in [1.82, 2.24) is 15.0 Å². The second-order valence-electron chi connectivity index (χ2n) is 4.40. The van der Waals surface area contributed by atoms with E-state index in [1.807, 2.05) is 26.0 Å². The van der Waals surface area contributed by atoms with Crippen LogP contribution >= 0.6 is 0 Å². The average Bonchev–Trinajstić information content (AvgIpc) is 2.99. The molecule has 114 valence electrons. The van der Waals surface area contributed by atoms with Crippen LogP contribution < -0.4 is 15.4 Å². The zero-order chi connectivity index (χ0) is 14.9. The molecule has 2 aromatic heterocycles. The zero-order valence-corrected chi connectivity index (χ0v) is 12.4. The van der Waals surface area contributed by atoms with Crippen LogP contribution in [0, 0.1) is 0 Å². The Morgan fingerprint density at radius 1 is 1.14 bits per heavy atom. The molecule has 2 rings (SSSR count). The fourth-order valence-electron chi connectivity index (χ4n) is 1.68.